The van der Waals surface area contributed by atoms with Crippen LogP contribution >= 0.6 is 11.6 Å². The number of halogens is 1. The van der Waals surface area contributed by atoms with Crippen LogP contribution in [0.15, 0.2) is 58.1 Å². The number of anilines is 2. The molecular formula is C24H23ClN4O3. The molecule has 0 aliphatic heterocycles. The second-order valence-corrected chi connectivity index (χ2v) is 7.71. The summed E-state index contributed by atoms with van der Waals surface area (Å²) in [5.74, 6) is 5.40. The molecule has 0 saturated heterocycles. The topological polar surface area (TPSA) is 99.1 Å². The third kappa shape index (κ3) is 5.48. The van der Waals surface area contributed by atoms with Crippen molar-refractivity contribution in [2.24, 2.45) is 7.05 Å². The van der Waals surface area contributed by atoms with Gasteiger partial charge in [0, 0.05) is 24.7 Å². The molecule has 7 nitrogen and oxygen atoms in total. The van der Waals surface area contributed by atoms with Crippen molar-refractivity contribution in [2.75, 3.05) is 11.1 Å². The number of hydrogen-bond acceptors (Lipinski definition) is 4. The number of benzene rings is 2. The Balaban J connectivity index is 1.79. The van der Waals surface area contributed by atoms with Crippen molar-refractivity contribution in [3.63, 3.8) is 0 Å². The summed E-state index contributed by atoms with van der Waals surface area (Å²) in [6.07, 6.45) is 0.676. The van der Waals surface area contributed by atoms with E-state index in [-0.39, 0.29) is 29.7 Å². The van der Waals surface area contributed by atoms with Crippen LogP contribution in [0.1, 0.15) is 23.1 Å². The Kier molecular flexibility index (Phi) is 7.18. The zero-order chi connectivity index (χ0) is 23.3. The highest BCUT2D eigenvalue weighted by atomic mass is 35.5. The SMILES string of the molecule is Cc1ccc(CCC(=O)Nc2c(Cl)n(CC#Cc3ccc(N)cc3)c(=O)n(C)c2=O)cc1. The molecule has 8 heteroatoms. The maximum Gasteiger partial charge on any atom is 0.332 e. The van der Waals surface area contributed by atoms with Crippen molar-refractivity contribution in [3.8, 4) is 11.8 Å². The molecule has 1 heterocycles. The minimum atomic E-state index is -0.675. The first-order valence-corrected chi connectivity index (χ1v) is 10.3. The van der Waals surface area contributed by atoms with Gasteiger partial charge in [0.25, 0.3) is 5.56 Å². The molecule has 3 N–H and O–H groups in total. The molecule has 0 aliphatic carbocycles. The van der Waals surface area contributed by atoms with Gasteiger partial charge < -0.3 is 11.1 Å². The molecule has 32 heavy (non-hydrogen) atoms. The van der Waals surface area contributed by atoms with Gasteiger partial charge in [0.2, 0.25) is 5.91 Å². The summed E-state index contributed by atoms with van der Waals surface area (Å²) in [5.41, 5.74) is 7.70. The number of hydrogen-bond donors (Lipinski definition) is 2. The van der Waals surface area contributed by atoms with Crippen molar-refractivity contribution in [1.29, 1.82) is 0 Å². The summed E-state index contributed by atoms with van der Waals surface area (Å²) < 4.78 is 2.04. The Bertz CT molecular complexity index is 1310. The number of aryl methyl sites for hydroxylation is 2. The molecule has 0 spiro atoms. The van der Waals surface area contributed by atoms with Gasteiger partial charge in [0.1, 0.15) is 10.8 Å². The zero-order valence-electron chi connectivity index (χ0n) is 17.8. The average molecular weight is 451 g/mol. The third-order valence-corrected chi connectivity index (χ3v) is 5.28. The molecule has 0 unspecified atom stereocenters. The Morgan fingerprint density at radius 3 is 2.41 bits per heavy atom. The van der Waals surface area contributed by atoms with Crippen LogP contribution in [0.25, 0.3) is 0 Å². The summed E-state index contributed by atoms with van der Waals surface area (Å²) in [4.78, 5) is 37.5. The molecule has 0 fully saturated rings. The number of nitrogen functional groups attached to an aromatic ring is 1. The zero-order valence-corrected chi connectivity index (χ0v) is 18.6. The van der Waals surface area contributed by atoms with Gasteiger partial charge in [-0.2, -0.15) is 0 Å². The van der Waals surface area contributed by atoms with E-state index in [9.17, 15) is 14.4 Å². The summed E-state index contributed by atoms with van der Waals surface area (Å²) >= 11 is 6.32. The largest absolute Gasteiger partial charge is 0.399 e. The fraction of sp³-hybridized carbons (Fsp3) is 0.208. The molecule has 0 aliphatic rings. The summed E-state index contributed by atoms with van der Waals surface area (Å²) in [7, 11) is 1.33. The van der Waals surface area contributed by atoms with E-state index in [0.717, 1.165) is 25.8 Å². The standard InChI is InChI=1S/C24H23ClN4O3/c1-16-5-7-18(8-6-16)11-14-20(30)27-21-22(25)29(24(32)28(2)23(21)31)15-3-4-17-9-12-19(26)13-10-17/h5-10,12-13H,11,14-15,26H2,1-2H3,(H,27,30). The van der Waals surface area contributed by atoms with E-state index >= 15 is 0 Å². The number of rotatable bonds is 5. The lowest BCUT2D eigenvalue weighted by Gasteiger charge is -2.13. The van der Waals surface area contributed by atoms with Crippen LogP contribution < -0.4 is 22.3 Å². The van der Waals surface area contributed by atoms with Gasteiger partial charge in [0.05, 0.1) is 6.54 Å². The molecule has 0 radical (unpaired) electrons. The minimum Gasteiger partial charge on any atom is -0.399 e. The molecule has 0 bridgehead atoms. The van der Waals surface area contributed by atoms with E-state index in [1.807, 2.05) is 31.2 Å². The van der Waals surface area contributed by atoms with Crippen molar-refractivity contribution in [3.05, 3.63) is 91.2 Å². The van der Waals surface area contributed by atoms with E-state index in [4.69, 9.17) is 17.3 Å². The van der Waals surface area contributed by atoms with Crippen molar-refractivity contribution >= 4 is 28.9 Å². The highest BCUT2D eigenvalue weighted by Gasteiger charge is 2.17. The van der Waals surface area contributed by atoms with E-state index in [1.165, 1.54) is 7.05 Å². The average Bonchev–Trinajstić information content (AvgIpc) is 2.78. The number of nitrogens with zero attached hydrogens (tertiary/aromatic N) is 2. The number of nitrogens with one attached hydrogen (secondary N) is 1. The number of nitrogens with two attached hydrogens (primary N) is 1. The highest BCUT2D eigenvalue weighted by molar-refractivity contribution is 6.32. The summed E-state index contributed by atoms with van der Waals surface area (Å²) in [6, 6.07) is 14.8. The molecule has 1 amide bonds. The van der Waals surface area contributed by atoms with Crippen LogP contribution in [0.3, 0.4) is 0 Å². The Labute approximate surface area is 190 Å². The molecular weight excluding hydrogens is 428 g/mol. The van der Waals surface area contributed by atoms with Gasteiger partial charge in [-0.1, -0.05) is 53.3 Å². The van der Waals surface area contributed by atoms with Gasteiger partial charge >= 0.3 is 5.69 Å². The van der Waals surface area contributed by atoms with Crippen LogP contribution in [0.4, 0.5) is 11.4 Å². The fourth-order valence-electron chi connectivity index (χ4n) is 2.99. The Morgan fingerprint density at radius 1 is 1.09 bits per heavy atom. The Morgan fingerprint density at radius 2 is 1.75 bits per heavy atom. The maximum absolute atomic E-state index is 12.5. The first-order chi connectivity index (χ1) is 15.3. The smallest absolute Gasteiger partial charge is 0.332 e. The van der Waals surface area contributed by atoms with Gasteiger partial charge in [-0.05, 0) is 43.2 Å². The number of carbonyl (C=O) groups is 1. The van der Waals surface area contributed by atoms with Gasteiger partial charge in [-0.25, -0.2) is 4.79 Å². The molecule has 164 valence electrons. The molecule has 1 aromatic heterocycles. The monoisotopic (exact) mass is 450 g/mol. The highest BCUT2D eigenvalue weighted by Crippen LogP contribution is 2.16. The second-order valence-electron chi connectivity index (χ2n) is 7.36. The summed E-state index contributed by atoms with van der Waals surface area (Å²) in [5, 5.41) is 2.40. The van der Waals surface area contributed by atoms with Crippen LogP contribution in [-0.2, 0) is 24.8 Å². The molecule has 3 rings (SSSR count). The number of carbonyl (C=O) groups excluding carboxylic acids is 1. The van der Waals surface area contributed by atoms with E-state index < -0.39 is 11.2 Å². The van der Waals surface area contributed by atoms with Crippen LogP contribution in [0.2, 0.25) is 5.15 Å². The first kappa shape index (κ1) is 22.9. The van der Waals surface area contributed by atoms with Crippen molar-refractivity contribution in [2.45, 2.75) is 26.3 Å². The van der Waals surface area contributed by atoms with Crippen molar-refractivity contribution < 1.29 is 4.79 Å². The van der Waals surface area contributed by atoms with E-state index in [0.29, 0.717) is 12.1 Å². The number of amides is 1. The normalized spacial score (nSPS) is 10.3. The van der Waals surface area contributed by atoms with Crippen LogP contribution in [0.5, 0.6) is 0 Å². The predicted octanol–water partition coefficient (Wildman–Crippen LogP) is 2.71. The molecule has 0 saturated carbocycles. The maximum atomic E-state index is 12.5. The molecule has 3 aromatic rings. The lowest BCUT2D eigenvalue weighted by Crippen LogP contribution is -2.40. The number of aromatic nitrogens is 2. The van der Waals surface area contributed by atoms with E-state index in [1.54, 1.807) is 24.3 Å². The van der Waals surface area contributed by atoms with Gasteiger partial charge in [0.15, 0.2) is 0 Å². The van der Waals surface area contributed by atoms with Crippen LogP contribution in [-0.4, -0.2) is 15.0 Å². The first-order valence-electron chi connectivity index (χ1n) is 9.95. The van der Waals surface area contributed by atoms with Gasteiger partial charge in [-0.3, -0.25) is 18.7 Å². The summed E-state index contributed by atoms with van der Waals surface area (Å²) in [6.45, 7) is 1.94. The second kappa shape index (κ2) is 10.0. The predicted molar refractivity (Wildman–Crippen MR) is 127 cm³/mol. The lowest BCUT2D eigenvalue weighted by molar-refractivity contribution is -0.116. The van der Waals surface area contributed by atoms with Crippen molar-refractivity contribution in [1.82, 2.24) is 9.13 Å². The van der Waals surface area contributed by atoms with E-state index in [2.05, 4.69) is 17.2 Å². The van der Waals surface area contributed by atoms with Crippen LogP contribution in [0, 0.1) is 18.8 Å². The molecule has 0 atom stereocenters. The quantitative estimate of drug-likeness (QED) is 0.354. The third-order valence-electron chi connectivity index (χ3n) is 4.89. The fourth-order valence-corrected chi connectivity index (χ4v) is 3.25. The van der Waals surface area contributed by atoms with Gasteiger partial charge in [-0.15, -0.1) is 0 Å². The Hall–Kier alpha value is -3.76. The molecule has 2 aromatic carbocycles. The lowest BCUT2D eigenvalue weighted by atomic mass is 10.1. The minimum absolute atomic E-state index is 0.0532.